The normalized spacial score (nSPS) is 14.5. The van der Waals surface area contributed by atoms with Gasteiger partial charge in [0.25, 0.3) is 0 Å². The van der Waals surface area contributed by atoms with E-state index in [1.54, 1.807) is 48.3 Å². The molecule has 5 heteroatoms. The number of carbonyl (C=O) groups is 1. The first-order chi connectivity index (χ1) is 10.1. The van der Waals surface area contributed by atoms with Crippen LogP contribution < -0.4 is 4.90 Å². The number of amides is 1. The van der Waals surface area contributed by atoms with E-state index < -0.39 is 0 Å². The van der Waals surface area contributed by atoms with E-state index in [1.165, 1.54) is 0 Å². The molecule has 4 nitrogen and oxygen atoms in total. The largest absolute Gasteiger partial charge is 0.508 e. The van der Waals surface area contributed by atoms with Crippen LogP contribution in [-0.4, -0.2) is 30.3 Å². The summed E-state index contributed by atoms with van der Waals surface area (Å²) >= 11 is 6.09. The average molecular weight is 301 g/mol. The first-order valence-corrected chi connectivity index (χ1v) is 6.84. The van der Waals surface area contributed by atoms with Crippen molar-refractivity contribution in [1.82, 2.24) is 0 Å². The van der Waals surface area contributed by atoms with Gasteiger partial charge in [-0.25, -0.2) is 0 Å². The number of nitrogens with zero attached hydrogens (tertiary/aromatic N) is 2. The molecule has 0 fully saturated rings. The van der Waals surface area contributed by atoms with Gasteiger partial charge in [0, 0.05) is 23.2 Å². The molecular formula is C16H13ClN2O2. The molecule has 1 amide bonds. The Kier molecular flexibility index (Phi) is 3.39. The Labute approximate surface area is 127 Å². The van der Waals surface area contributed by atoms with Crippen molar-refractivity contribution in [1.29, 1.82) is 0 Å². The highest BCUT2D eigenvalue weighted by molar-refractivity contribution is 6.32. The second kappa shape index (κ2) is 5.22. The molecule has 0 aromatic heterocycles. The van der Waals surface area contributed by atoms with Gasteiger partial charge in [0.15, 0.2) is 0 Å². The minimum atomic E-state index is -0.0891. The maximum atomic E-state index is 12.0. The third kappa shape index (κ3) is 2.50. The minimum Gasteiger partial charge on any atom is -0.508 e. The molecular weight excluding hydrogens is 288 g/mol. The minimum absolute atomic E-state index is 0.0633. The molecule has 0 aliphatic carbocycles. The lowest BCUT2D eigenvalue weighted by Crippen LogP contribution is -2.27. The van der Waals surface area contributed by atoms with Gasteiger partial charge in [0.1, 0.15) is 12.3 Å². The molecule has 106 valence electrons. The number of anilines is 1. The Bertz CT molecular complexity index is 756. The number of benzene rings is 2. The number of aliphatic imine (C=N–C) groups is 1. The topological polar surface area (TPSA) is 52.9 Å². The zero-order chi connectivity index (χ0) is 15.0. The number of benzodiazepines with no additional fused rings is 1. The molecule has 0 unspecified atom stereocenters. The monoisotopic (exact) mass is 300 g/mol. The van der Waals surface area contributed by atoms with Gasteiger partial charge in [-0.3, -0.25) is 9.79 Å². The van der Waals surface area contributed by atoms with Gasteiger partial charge in [0.2, 0.25) is 5.91 Å². The summed E-state index contributed by atoms with van der Waals surface area (Å²) in [6, 6.07) is 12.1. The van der Waals surface area contributed by atoms with E-state index in [0.29, 0.717) is 10.7 Å². The Morgan fingerprint density at radius 2 is 2.05 bits per heavy atom. The lowest BCUT2D eigenvalue weighted by atomic mass is 10.00. The second-order valence-electron chi connectivity index (χ2n) is 4.83. The van der Waals surface area contributed by atoms with Gasteiger partial charge in [0.05, 0.1) is 11.4 Å². The van der Waals surface area contributed by atoms with Gasteiger partial charge < -0.3 is 10.0 Å². The van der Waals surface area contributed by atoms with E-state index in [2.05, 4.69) is 4.99 Å². The zero-order valence-corrected chi connectivity index (χ0v) is 12.1. The number of halogens is 1. The predicted octanol–water partition coefficient (Wildman–Crippen LogP) is 2.86. The van der Waals surface area contributed by atoms with Crippen LogP contribution in [0.15, 0.2) is 47.5 Å². The molecule has 3 rings (SSSR count). The van der Waals surface area contributed by atoms with Crippen LogP contribution in [0.5, 0.6) is 5.75 Å². The molecule has 0 bridgehead atoms. The summed E-state index contributed by atoms with van der Waals surface area (Å²) in [5, 5.41) is 10.2. The van der Waals surface area contributed by atoms with Crippen LogP contribution in [0.4, 0.5) is 5.69 Å². The third-order valence-corrected chi connectivity index (χ3v) is 3.68. The number of phenolic OH excluding ortho intramolecular Hbond substituents is 1. The van der Waals surface area contributed by atoms with Crippen molar-refractivity contribution in [3.8, 4) is 5.75 Å². The van der Waals surface area contributed by atoms with Gasteiger partial charge in [-0.2, -0.15) is 0 Å². The molecule has 21 heavy (non-hydrogen) atoms. The highest BCUT2D eigenvalue weighted by atomic mass is 35.5. The molecule has 0 atom stereocenters. The van der Waals surface area contributed by atoms with Crippen LogP contribution in [0.2, 0.25) is 5.02 Å². The number of rotatable bonds is 1. The number of hydrogen-bond donors (Lipinski definition) is 1. The van der Waals surface area contributed by atoms with Crippen molar-refractivity contribution in [2.45, 2.75) is 0 Å². The predicted molar refractivity (Wildman–Crippen MR) is 83.5 cm³/mol. The molecule has 1 aliphatic heterocycles. The Hall–Kier alpha value is -2.33. The summed E-state index contributed by atoms with van der Waals surface area (Å²) in [6.07, 6.45) is 0. The Morgan fingerprint density at radius 3 is 2.81 bits per heavy atom. The Balaban J connectivity index is 2.23. The summed E-state index contributed by atoms with van der Waals surface area (Å²) in [7, 11) is 1.72. The van der Waals surface area contributed by atoms with Crippen molar-refractivity contribution in [3.63, 3.8) is 0 Å². The van der Waals surface area contributed by atoms with E-state index in [4.69, 9.17) is 11.6 Å². The number of carbonyl (C=O) groups excluding carboxylic acids is 1. The van der Waals surface area contributed by atoms with Gasteiger partial charge in [-0.15, -0.1) is 0 Å². The van der Waals surface area contributed by atoms with Gasteiger partial charge in [-0.05, 0) is 30.3 Å². The summed E-state index contributed by atoms with van der Waals surface area (Å²) in [5.74, 6) is 0.0661. The number of hydrogen-bond acceptors (Lipinski definition) is 3. The first-order valence-electron chi connectivity index (χ1n) is 6.46. The smallest absolute Gasteiger partial charge is 0.248 e. The number of likely N-dealkylation sites (N-methyl/N-ethyl adjacent to an activating group) is 1. The summed E-state index contributed by atoms with van der Waals surface area (Å²) in [5.41, 5.74) is 2.94. The zero-order valence-electron chi connectivity index (χ0n) is 11.4. The number of aromatic hydroxyl groups is 1. The third-order valence-electron chi connectivity index (χ3n) is 3.44. The van der Waals surface area contributed by atoms with Crippen LogP contribution in [0.25, 0.3) is 0 Å². The summed E-state index contributed by atoms with van der Waals surface area (Å²) in [6.45, 7) is 0.0633. The molecule has 0 saturated heterocycles. The lowest BCUT2D eigenvalue weighted by molar-refractivity contribution is -0.116. The Morgan fingerprint density at radius 1 is 1.24 bits per heavy atom. The van der Waals surface area contributed by atoms with Crippen molar-refractivity contribution >= 4 is 28.9 Å². The van der Waals surface area contributed by atoms with Crippen LogP contribution in [0.3, 0.4) is 0 Å². The molecule has 1 heterocycles. The van der Waals surface area contributed by atoms with Gasteiger partial charge in [-0.1, -0.05) is 23.7 Å². The molecule has 0 saturated carbocycles. The van der Waals surface area contributed by atoms with Crippen molar-refractivity contribution in [2.75, 3.05) is 18.5 Å². The van der Waals surface area contributed by atoms with Crippen LogP contribution in [0.1, 0.15) is 11.1 Å². The summed E-state index contributed by atoms with van der Waals surface area (Å²) < 4.78 is 0. The maximum Gasteiger partial charge on any atom is 0.248 e. The van der Waals surface area contributed by atoms with Crippen molar-refractivity contribution in [2.24, 2.45) is 4.99 Å². The van der Waals surface area contributed by atoms with Crippen LogP contribution >= 0.6 is 11.6 Å². The lowest BCUT2D eigenvalue weighted by Gasteiger charge is -2.18. The quantitative estimate of drug-likeness (QED) is 0.880. The molecule has 2 aromatic rings. The van der Waals surface area contributed by atoms with Crippen LogP contribution in [0, 0.1) is 0 Å². The van der Waals surface area contributed by atoms with E-state index in [-0.39, 0.29) is 18.2 Å². The highest BCUT2D eigenvalue weighted by Crippen LogP contribution is 2.29. The molecule has 1 N–H and O–H groups in total. The summed E-state index contributed by atoms with van der Waals surface area (Å²) in [4.78, 5) is 18.0. The van der Waals surface area contributed by atoms with Crippen molar-refractivity contribution < 1.29 is 9.90 Å². The fourth-order valence-electron chi connectivity index (χ4n) is 2.36. The fourth-order valence-corrected chi connectivity index (χ4v) is 2.53. The molecule has 1 aliphatic rings. The van der Waals surface area contributed by atoms with Crippen LogP contribution in [-0.2, 0) is 4.79 Å². The SMILES string of the molecule is CN1C(=O)CN=C(c2cccc(O)c2)c2cc(Cl)ccc21. The average Bonchev–Trinajstić information content (AvgIpc) is 2.57. The first kappa shape index (κ1) is 13.6. The number of fused-ring (bicyclic) bond motifs is 1. The fraction of sp³-hybridized carbons (Fsp3) is 0.125. The maximum absolute atomic E-state index is 12.0. The van der Waals surface area contributed by atoms with E-state index in [9.17, 15) is 9.90 Å². The van der Waals surface area contributed by atoms with E-state index in [0.717, 1.165) is 16.8 Å². The standard InChI is InChI=1S/C16H13ClN2O2/c1-19-14-6-5-11(17)8-13(14)16(18-9-15(19)21)10-3-2-4-12(20)7-10/h2-8,20H,9H2,1H3. The highest BCUT2D eigenvalue weighted by Gasteiger charge is 2.22. The van der Waals surface area contributed by atoms with Gasteiger partial charge >= 0.3 is 0 Å². The van der Waals surface area contributed by atoms with E-state index in [1.807, 2.05) is 6.07 Å². The van der Waals surface area contributed by atoms with Crippen molar-refractivity contribution in [3.05, 3.63) is 58.6 Å². The van der Waals surface area contributed by atoms with E-state index >= 15 is 0 Å². The molecule has 0 spiro atoms. The molecule has 0 radical (unpaired) electrons. The number of phenols is 1. The molecule has 2 aromatic carbocycles. The second-order valence-corrected chi connectivity index (χ2v) is 5.27.